The number of rotatable bonds is 8. The number of fused-ring (bicyclic) bond motifs is 4. The molecule has 0 saturated heterocycles. The van der Waals surface area contributed by atoms with Crippen LogP contribution in [-0.2, 0) is 122 Å². The molecule has 0 fully saturated rings. The number of alkyl halides is 6. The second-order valence-electron chi connectivity index (χ2n) is 21.9. The smallest absolute Gasteiger partial charge is 0.512 e. The number of pyridine rings is 6. The first-order valence-corrected chi connectivity index (χ1v) is 31.1. The zero-order chi connectivity index (χ0) is 74.6. The standard InChI is InChI=1S/C14H13N4.C12H4F4N3.2C12H8N3.C11H8N.C10H4F6N3.C5H8O2.5Pt/c1-18(2)10-7-8-15-13(9-10)14-16-11-5-3-4-6-12(11)17-14;13-6-7(14)9(16)11-10(8(6)15)18-12(19-11)5-3-1-2-4-17-5;2*1-2-6-10-9(5-1)14-12(15-10)11-7-3-4-8-13-11;1-2-6-10(7-3-1)11-8-4-5-9-12-11;11-9(12,13)6-7(10(14,15)16)19-8(18-6)5-3-1-2-4-17-5;1-4(6)3-5(2)7;;;;;/h3-9H,1-2H3;1-4H;2*1-8H;1-6,8-9H;1-4H;3,6H,1-2H3;;;;;/q6*-1;;;;;;+2. The molecule has 0 amide bonds. The summed E-state index contributed by atoms with van der Waals surface area (Å²) in [6.07, 6.45) is 0.417. The van der Waals surface area contributed by atoms with Crippen molar-refractivity contribution in [1.82, 2.24) is 79.7 Å². The molecule has 0 saturated carbocycles. The van der Waals surface area contributed by atoms with Gasteiger partial charge < -0.3 is 64.8 Å². The van der Waals surface area contributed by atoms with Gasteiger partial charge in [0.15, 0.2) is 29.1 Å². The van der Waals surface area contributed by atoms with E-state index < -0.39 is 63.9 Å². The van der Waals surface area contributed by atoms with Crippen molar-refractivity contribution in [3.8, 4) is 68.8 Å². The third-order valence-electron chi connectivity index (χ3n) is 14.0. The summed E-state index contributed by atoms with van der Waals surface area (Å²) in [6.45, 7) is 2.85. The maximum Gasteiger partial charge on any atom is 2.00 e. The molecule has 0 aliphatic carbocycles. The summed E-state index contributed by atoms with van der Waals surface area (Å²) in [7, 11) is 4.00. The number of aliphatic hydroxyl groups is 1. The molecule has 5 aromatic carbocycles. The SMILES string of the molecule is CC(=O)C=C(C)O.CN(C)c1ccnc(-c2nc3ccccc3[n-]2)c1.FC(F)(F)c1nc(-c2ccccn2)[n-]c1C(F)(F)F.Fc1c(F)c(F)c2[n-]c(-c3ccccn3)nc2c1F.[Pt+2].[Pt].[Pt].[Pt].[Pt].[c-]1ccccc1-c1ccccn1.c1ccc(-c2nc3ccccc3[n-]2)nc1.c1ccc(-c2nc3ccccc3[n-]2)nc1. The first kappa shape index (κ1) is 90.5. The molecule has 1 N–H and O–H groups in total. The molecule has 0 aliphatic rings. The molecule has 19 nitrogen and oxygen atoms in total. The molecular formula is C76H53F10N17O2Pt5-4. The second kappa shape index (κ2) is 42.7. The Hall–Kier alpha value is -10.2. The maximum atomic E-state index is 13.5. The predicted octanol–water partition coefficient (Wildman–Crippen LogP) is 16.4. The van der Waals surface area contributed by atoms with Crippen LogP contribution in [0.5, 0.6) is 0 Å². The summed E-state index contributed by atoms with van der Waals surface area (Å²) in [5.74, 6) is -5.75. The Morgan fingerprint density at radius 1 is 0.418 bits per heavy atom. The minimum atomic E-state index is -5.23. The van der Waals surface area contributed by atoms with E-state index in [1.165, 1.54) is 56.6 Å². The number of carbonyl (C=O) groups excluding carboxylic acids is 1. The van der Waals surface area contributed by atoms with E-state index in [2.05, 4.69) is 85.8 Å². The Kier molecular flexibility index (Phi) is 35.1. The van der Waals surface area contributed by atoms with Gasteiger partial charge in [-0.1, -0.05) is 109 Å². The van der Waals surface area contributed by atoms with Crippen LogP contribution in [0, 0.1) is 29.3 Å². The van der Waals surface area contributed by atoms with Crippen LogP contribution in [0.25, 0.3) is 113 Å². The largest absolute Gasteiger partial charge is 2.00 e. The average molecular weight is 2400 g/mol. The fourth-order valence-corrected chi connectivity index (χ4v) is 9.25. The summed E-state index contributed by atoms with van der Waals surface area (Å²) < 4.78 is 128. The molecule has 0 aliphatic heterocycles. The Morgan fingerprint density at radius 3 is 1.14 bits per heavy atom. The molecule has 34 heteroatoms. The van der Waals surface area contributed by atoms with E-state index in [1.54, 1.807) is 36.9 Å². The number of benzene rings is 5. The molecule has 0 atom stereocenters. The molecule has 16 rings (SSSR count). The number of allylic oxidation sites excluding steroid dienone is 2. The maximum absolute atomic E-state index is 13.5. The van der Waals surface area contributed by atoms with Crippen molar-refractivity contribution in [3.63, 3.8) is 0 Å². The summed E-state index contributed by atoms with van der Waals surface area (Å²) in [5.41, 5.74) is 5.67. The van der Waals surface area contributed by atoms with E-state index in [9.17, 15) is 48.7 Å². The first-order valence-electron chi connectivity index (χ1n) is 31.1. The van der Waals surface area contributed by atoms with Crippen LogP contribution in [0.15, 0.2) is 249 Å². The van der Waals surface area contributed by atoms with Crippen molar-refractivity contribution in [2.24, 2.45) is 0 Å². The van der Waals surface area contributed by atoms with E-state index in [0.29, 0.717) is 17.5 Å². The van der Waals surface area contributed by atoms with Gasteiger partial charge in [-0.25, -0.2) is 17.6 Å². The monoisotopic (exact) mass is 2400 g/mol. The van der Waals surface area contributed by atoms with Gasteiger partial charge >= 0.3 is 33.4 Å². The van der Waals surface area contributed by atoms with Gasteiger partial charge in [0.1, 0.15) is 0 Å². The van der Waals surface area contributed by atoms with Crippen molar-refractivity contribution in [1.29, 1.82) is 0 Å². The molecular weight excluding hydrogens is 2350 g/mol. The number of aliphatic hydroxyl groups excluding tert-OH is 1. The predicted molar refractivity (Wildman–Crippen MR) is 374 cm³/mol. The molecule has 578 valence electrons. The number of nitrogens with zero attached hydrogens (tertiary/aromatic N) is 17. The third kappa shape index (κ3) is 24.7. The summed E-state index contributed by atoms with van der Waals surface area (Å²) in [6, 6.07) is 64.6. The Morgan fingerprint density at radius 2 is 0.791 bits per heavy atom. The minimum Gasteiger partial charge on any atom is -0.512 e. The summed E-state index contributed by atoms with van der Waals surface area (Å²) >= 11 is 0. The van der Waals surface area contributed by atoms with Gasteiger partial charge in [-0.15, -0.1) is 35.9 Å². The van der Waals surface area contributed by atoms with E-state index >= 15 is 0 Å². The van der Waals surface area contributed by atoms with Crippen LogP contribution >= 0.6 is 0 Å². The van der Waals surface area contributed by atoms with Gasteiger partial charge in [0.2, 0.25) is 0 Å². The topological polar surface area (TPSA) is 253 Å². The van der Waals surface area contributed by atoms with E-state index in [1.807, 2.05) is 183 Å². The zero-order valence-corrected chi connectivity index (χ0v) is 68.3. The molecule has 0 spiro atoms. The summed E-state index contributed by atoms with van der Waals surface area (Å²) in [5, 5.41) is 8.36. The number of carbonyl (C=O) groups is 1. The van der Waals surface area contributed by atoms with Crippen LogP contribution in [0.3, 0.4) is 0 Å². The first-order chi connectivity index (χ1) is 50.5. The number of halogens is 10. The Labute approximate surface area is 692 Å². The Balaban J connectivity index is 0.000000231. The number of hydrogen-bond donors (Lipinski definition) is 1. The number of ketones is 1. The van der Waals surface area contributed by atoms with Gasteiger partial charge in [0.25, 0.3) is 0 Å². The van der Waals surface area contributed by atoms with Gasteiger partial charge in [0.05, 0.1) is 34.2 Å². The van der Waals surface area contributed by atoms with Gasteiger partial charge in [-0.3, -0.25) is 29.7 Å². The molecule has 0 radical (unpaired) electrons. The molecule has 110 heavy (non-hydrogen) atoms. The fourth-order valence-electron chi connectivity index (χ4n) is 9.25. The molecule has 11 aromatic heterocycles. The van der Waals surface area contributed by atoms with Crippen LogP contribution in [-0.4, -0.2) is 79.8 Å². The van der Waals surface area contributed by atoms with Crippen molar-refractivity contribution < 1.29 is 159 Å². The number of para-hydroxylation sites is 6. The van der Waals surface area contributed by atoms with Gasteiger partial charge in [0, 0.05) is 170 Å². The van der Waals surface area contributed by atoms with E-state index in [0.717, 1.165) is 67.1 Å². The third-order valence-corrected chi connectivity index (χ3v) is 14.0. The van der Waals surface area contributed by atoms with E-state index in [-0.39, 0.29) is 134 Å². The second-order valence-corrected chi connectivity index (χ2v) is 21.9. The van der Waals surface area contributed by atoms with Crippen LogP contribution in [0.1, 0.15) is 25.2 Å². The number of anilines is 1. The van der Waals surface area contributed by atoms with Gasteiger partial charge in [-0.2, -0.15) is 26.3 Å². The van der Waals surface area contributed by atoms with Crippen LogP contribution in [0.4, 0.5) is 49.6 Å². The summed E-state index contributed by atoms with van der Waals surface area (Å²) in [4.78, 5) is 76.3. The van der Waals surface area contributed by atoms with Crippen molar-refractivity contribution >= 4 is 55.6 Å². The average Bonchev–Trinajstić information content (AvgIpc) is 1.61. The quantitative estimate of drug-likeness (QED) is 0.0370. The molecule has 11 heterocycles. The molecule has 0 bridgehead atoms. The minimum absolute atomic E-state index is 0. The molecule has 16 aromatic rings. The van der Waals surface area contributed by atoms with Crippen LogP contribution in [0.2, 0.25) is 0 Å². The normalized spacial score (nSPS) is 10.6. The van der Waals surface area contributed by atoms with Crippen molar-refractivity contribution in [3.05, 3.63) is 290 Å². The van der Waals surface area contributed by atoms with Crippen molar-refractivity contribution in [2.75, 3.05) is 19.0 Å². The van der Waals surface area contributed by atoms with Crippen LogP contribution < -0.4 is 29.8 Å². The number of imidazole rings is 5. The Bertz CT molecular complexity index is 5210. The fraction of sp³-hybridized carbons (Fsp3) is 0.0789. The van der Waals surface area contributed by atoms with Crippen molar-refractivity contribution in [2.45, 2.75) is 26.2 Å². The van der Waals surface area contributed by atoms with E-state index in [4.69, 9.17) is 5.11 Å². The number of aromatic nitrogens is 16. The van der Waals surface area contributed by atoms with Gasteiger partial charge in [-0.05, 0) is 148 Å². The zero-order valence-electron chi connectivity index (χ0n) is 56.9. The molecule has 0 unspecified atom stereocenters. The number of hydrogen-bond acceptors (Lipinski definition) is 14.